The molecule has 2 heterocycles. The molecule has 0 N–H and O–H groups in total. The number of nitrogens with zero attached hydrogens (tertiary/aromatic N) is 4. The number of para-hydroxylation sites is 1. The van der Waals surface area contributed by atoms with Crippen molar-refractivity contribution in [1.82, 2.24) is 19.5 Å². The van der Waals surface area contributed by atoms with Crippen LogP contribution in [0.4, 0.5) is 0 Å². The number of fused-ring (bicyclic) bond motifs is 3. The van der Waals surface area contributed by atoms with E-state index in [1.54, 1.807) is 42.5 Å². The first kappa shape index (κ1) is 16.4. The van der Waals surface area contributed by atoms with Gasteiger partial charge in [-0.15, -0.1) is 0 Å². The van der Waals surface area contributed by atoms with E-state index in [4.69, 9.17) is 18.7 Å². The molecule has 0 amide bonds. The fourth-order valence-electron chi connectivity index (χ4n) is 5.54. The van der Waals surface area contributed by atoms with Gasteiger partial charge in [-0.3, -0.25) is 0 Å². The Kier molecular flexibility index (Phi) is 4.09. The summed E-state index contributed by atoms with van der Waals surface area (Å²) in [5.74, 6) is 0.101. The second kappa shape index (κ2) is 12.2. The van der Waals surface area contributed by atoms with Crippen molar-refractivity contribution >= 4 is 21.8 Å². The van der Waals surface area contributed by atoms with Crippen molar-refractivity contribution in [2.75, 3.05) is 0 Å². The van der Waals surface area contributed by atoms with Gasteiger partial charge in [0.2, 0.25) is 0 Å². The van der Waals surface area contributed by atoms with Gasteiger partial charge in [-0.2, -0.15) is 0 Å². The third-order valence-corrected chi connectivity index (χ3v) is 7.88. The van der Waals surface area contributed by atoms with Crippen molar-refractivity contribution in [2.45, 2.75) is 0 Å². The highest BCUT2D eigenvalue weighted by atomic mass is 15.0. The molecule has 0 atom stereocenters. The molecular weight excluding hydrogens is 597 g/mol. The first-order valence-electron chi connectivity index (χ1n) is 23.2. The summed E-state index contributed by atoms with van der Waals surface area (Å²) in [6, 6.07) is 13.9. The molecule has 4 heteroatoms. The lowest BCUT2D eigenvalue weighted by molar-refractivity contribution is 1.07. The second-order valence-corrected chi connectivity index (χ2v) is 10.9. The van der Waals surface area contributed by atoms with E-state index in [0.717, 1.165) is 15.7 Å². The van der Waals surface area contributed by atoms with E-state index >= 15 is 0 Å². The van der Waals surface area contributed by atoms with Crippen LogP contribution in [-0.4, -0.2) is 19.5 Å². The number of hydrogen-bond acceptors (Lipinski definition) is 3. The Morgan fingerprint density at radius 3 is 1.57 bits per heavy atom. The van der Waals surface area contributed by atoms with Gasteiger partial charge in [0.15, 0.2) is 17.5 Å². The highest BCUT2D eigenvalue weighted by Gasteiger charge is 2.15. The van der Waals surface area contributed by atoms with Crippen LogP contribution < -0.4 is 0 Å². The smallest absolute Gasteiger partial charge is 0.164 e. The van der Waals surface area contributed by atoms with E-state index in [0.29, 0.717) is 11.1 Å². The van der Waals surface area contributed by atoms with Gasteiger partial charge in [0.25, 0.3) is 0 Å². The fourth-order valence-corrected chi connectivity index (χ4v) is 5.54. The predicted molar refractivity (Wildman–Crippen MR) is 201 cm³/mol. The summed E-state index contributed by atoms with van der Waals surface area (Å²) in [5.41, 5.74) is -0.0119. The van der Waals surface area contributed by atoms with Crippen molar-refractivity contribution in [3.8, 4) is 62.1 Å². The molecule has 0 saturated carbocycles. The number of rotatable bonds is 6. The molecule has 4 nitrogen and oxygen atoms in total. The van der Waals surface area contributed by atoms with Gasteiger partial charge in [-0.1, -0.05) is 139 Å². The van der Waals surface area contributed by atoms with Gasteiger partial charge < -0.3 is 4.57 Å². The van der Waals surface area contributed by atoms with Gasteiger partial charge in [0, 0.05) is 33.2 Å². The molecule has 49 heavy (non-hydrogen) atoms. The average Bonchev–Trinajstić information content (AvgIpc) is 3.68. The molecule has 0 bridgehead atoms. The normalized spacial score (nSPS) is 15.8. The van der Waals surface area contributed by atoms with Gasteiger partial charge >= 0.3 is 0 Å². The summed E-state index contributed by atoms with van der Waals surface area (Å²) >= 11 is 0. The molecule has 0 radical (unpaired) electrons. The third kappa shape index (κ3) is 5.35. The van der Waals surface area contributed by atoms with Gasteiger partial charge in [0.05, 0.1) is 33.0 Å². The Labute approximate surface area is 307 Å². The topological polar surface area (TPSA) is 43.6 Å². The molecule has 0 spiro atoms. The molecule has 9 aromatic rings. The maximum atomic E-state index is 9.45. The maximum Gasteiger partial charge on any atom is 0.164 e. The lowest BCUT2D eigenvalue weighted by Crippen LogP contribution is -2.00. The van der Waals surface area contributed by atoms with Crippen LogP contribution in [0, 0.1) is 0 Å². The Balaban J connectivity index is 1.34. The minimum absolute atomic E-state index is 0.160. The van der Waals surface area contributed by atoms with E-state index in [1.165, 1.54) is 0 Å². The Morgan fingerprint density at radius 2 is 0.878 bits per heavy atom. The minimum Gasteiger partial charge on any atom is -0.309 e. The highest BCUT2D eigenvalue weighted by molar-refractivity contribution is 6.10. The molecular formula is C45H30N4. The van der Waals surface area contributed by atoms with E-state index in [1.807, 2.05) is 42.5 Å². The molecule has 2 aromatic heterocycles. The summed E-state index contributed by atoms with van der Waals surface area (Å²) in [7, 11) is 0. The van der Waals surface area contributed by atoms with Crippen LogP contribution in [0.15, 0.2) is 182 Å². The number of aromatic nitrogens is 4. The number of benzene rings is 7. The van der Waals surface area contributed by atoms with Crippen molar-refractivity contribution in [2.24, 2.45) is 0 Å². The molecule has 7 aromatic carbocycles. The number of hydrogen-bond donors (Lipinski definition) is 0. The summed E-state index contributed by atoms with van der Waals surface area (Å²) in [5, 5.41) is -0.810. The van der Waals surface area contributed by atoms with Crippen LogP contribution in [0.2, 0.25) is 0 Å². The van der Waals surface area contributed by atoms with Crippen LogP contribution in [0.1, 0.15) is 21.9 Å². The van der Waals surface area contributed by atoms with Crippen molar-refractivity contribution < 1.29 is 21.9 Å². The summed E-state index contributed by atoms with van der Waals surface area (Å²) in [4.78, 5) is 14.0. The molecule has 0 aliphatic rings. The van der Waals surface area contributed by atoms with E-state index < -0.39 is 135 Å². The lowest BCUT2D eigenvalue weighted by atomic mass is 10.0. The Morgan fingerprint density at radius 1 is 0.367 bits per heavy atom. The fraction of sp³-hybridized carbons (Fsp3) is 0. The van der Waals surface area contributed by atoms with Gasteiger partial charge in [-0.25, -0.2) is 15.0 Å². The summed E-state index contributed by atoms with van der Waals surface area (Å²) in [6.45, 7) is 0. The molecule has 0 aliphatic carbocycles. The largest absolute Gasteiger partial charge is 0.309 e. The maximum absolute atomic E-state index is 9.45. The second-order valence-electron chi connectivity index (χ2n) is 10.9. The quantitative estimate of drug-likeness (QED) is 0.181. The monoisotopic (exact) mass is 642 g/mol. The van der Waals surface area contributed by atoms with E-state index in [9.17, 15) is 8.22 Å². The summed E-state index contributed by atoms with van der Waals surface area (Å²) in [6.07, 6.45) is 0. The molecule has 9 rings (SSSR count). The van der Waals surface area contributed by atoms with Crippen molar-refractivity contribution in [1.29, 1.82) is 0 Å². The Hall–Kier alpha value is -6.65. The van der Waals surface area contributed by atoms with Crippen molar-refractivity contribution in [3.63, 3.8) is 0 Å². The summed E-state index contributed by atoms with van der Waals surface area (Å²) < 4.78 is 143. The molecule has 230 valence electrons. The standard InChI is InChI=1S/C45H30N4/c1-4-12-31(13-5-1)33-20-22-35(23-21-33)44-46-43(34-16-8-3-9-17-34)47-45(48-44)36-24-27-38(28-25-36)49-41-19-11-10-18-39(41)40-30-37(26-29-42(40)49)32-14-6-2-7-15-32/h1-30H/i2D,6D,7D,10D,11D,14D,15D,18D,19D,24D,25D,26D,27D,28D,29D,30D. The van der Waals surface area contributed by atoms with Crippen LogP contribution in [0.5, 0.6) is 0 Å². The zero-order valence-corrected chi connectivity index (χ0v) is 25.4. The van der Waals surface area contributed by atoms with Gasteiger partial charge in [0.1, 0.15) is 0 Å². The minimum atomic E-state index is -0.824. The first-order valence-corrected chi connectivity index (χ1v) is 15.2. The lowest BCUT2D eigenvalue weighted by Gasteiger charge is -2.11. The SMILES string of the molecule is [2H]c1c([2H])c([2H])c(-c2c([2H])c([2H])c3c(c2[2H])c2c([2H])c([2H])c([2H])c([2H])c2n3-c2c([2H])c([2H])c(-c3nc(-c4ccccc4)nc(-c4ccc(-c5ccccc5)cc4)n3)c([2H])c2[2H])c([2H])c1[2H]. The Bertz CT molecular complexity index is 3430. The van der Waals surface area contributed by atoms with Gasteiger partial charge in [-0.05, 0) is 64.6 Å². The molecule has 0 aliphatic heterocycles. The van der Waals surface area contributed by atoms with Crippen LogP contribution >= 0.6 is 0 Å². The third-order valence-electron chi connectivity index (χ3n) is 7.88. The van der Waals surface area contributed by atoms with Crippen LogP contribution in [0.25, 0.3) is 83.9 Å². The van der Waals surface area contributed by atoms with Crippen molar-refractivity contribution in [3.05, 3.63) is 182 Å². The van der Waals surface area contributed by atoms with Crippen LogP contribution in [-0.2, 0) is 0 Å². The average molecular weight is 643 g/mol. The molecule has 0 saturated heterocycles. The van der Waals surface area contributed by atoms with E-state index in [-0.39, 0.29) is 23.0 Å². The zero-order chi connectivity index (χ0) is 46.5. The molecule has 0 unspecified atom stereocenters. The highest BCUT2D eigenvalue weighted by Crippen LogP contribution is 2.35. The molecule has 0 fully saturated rings. The predicted octanol–water partition coefficient (Wildman–Crippen LogP) is 11.3. The van der Waals surface area contributed by atoms with E-state index in [2.05, 4.69) is 9.97 Å². The zero-order valence-electron chi connectivity index (χ0n) is 41.4. The van der Waals surface area contributed by atoms with Crippen LogP contribution in [0.3, 0.4) is 0 Å². The first-order chi connectivity index (χ1) is 31.0.